The second-order valence-corrected chi connectivity index (χ2v) is 8.05. The smallest absolute Gasteiger partial charge is 0.309 e. The Hall–Kier alpha value is -1.75. The molecule has 1 aliphatic heterocycles. The van der Waals surface area contributed by atoms with Gasteiger partial charge in [0.15, 0.2) is 0 Å². The average molecular weight is 349 g/mol. The fourth-order valence-corrected chi connectivity index (χ4v) is 5.15. The number of hydrogen-bond acceptors (Lipinski definition) is 4. The maximum atomic E-state index is 12.7. The summed E-state index contributed by atoms with van der Waals surface area (Å²) in [6, 6.07) is 5.34. The molecule has 3 aliphatic carbocycles. The number of fused-ring (bicyclic) bond motifs is 3. The second-order valence-electron chi connectivity index (χ2n) is 7.62. The van der Waals surface area contributed by atoms with Crippen molar-refractivity contribution in [3.8, 4) is 0 Å². The number of carbonyl (C=O) groups excluding carboxylic acids is 2. The van der Waals surface area contributed by atoms with Gasteiger partial charge >= 0.3 is 5.97 Å². The summed E-state index contributed by atoms with van der Waals surface area (Å²) < 4.78 is 5.01. The van der Waals surface area contributed by atoms with Crippen molar-refractivity contribution in [2.45, 2.75) is 38.3 Å². The first kappa shape index (κ1) is 15.8. The number of carbonyl (C=O) groups is 2. The molecular formula is C18H21ClN2O3. The van der Waals surface area contributed by atoms with Gasteiger partial charge in [0, 0.05) is 16.6 Å². The predicted octanol–water partition coefficient (Wildman–Crippen LogP) is 3.19. The van der Waals surface area contributed by atoms with Crippen molar-refractivity contribution < 1.29 is 14.3 Å². The van der Waals surface area contributed by atoms with E-state index >= 15 is 0 Å². The lowest BCUT2D eigenvalue weighted by Crippen LogP contribution is -2.69. The van der Waals surface area contributed by atoms with Gasteiger partial charge in [0.1, 0.15) is 5.66 Å². The number of ether oxygens (including phenoxy) is 1. The lowest BCUT2D eigenvalue weighted by molar-refractivity contribution is -0.160. The summed E-state index contributed by atoms with van der Waals surface area (Å²) in [5.41, 5.74) is 0.722. The first-order valence-corrected chi connectivity index (χ1v) is 8.73. The molecule has 5 rings (SSSR count). The molecule has 2 bridgehead atoms. The number of nitrogens with one attached hydrogen (secondary N) is 2. The number of rotatable bonds is 1. The SMILES string of the molecule is COC(=O)[C@@H]1C[C@H]2CC[C@@]1(C)C[C@@]21NC(=O)c2cc(Cl)ccc2N1. The van der Waals surface area contributed by atoms with Crippen molar-refractivity contribution >= 4 is 29.2 Å². The third-order valence-electron chi connectivity index (χ3n) is 6.21. The van der Waals surface area contributed by atoms with Gasteiger partial charge in [-0.05, 0) is 49.3 Å². The normalized spacial score (nSPS) is 36.7. The minimum atomic E-state index is -0.491. The topological polar surface area (TPSA) is 67.4 Å². The van der Waals surface area contributed by atoms with Gasteiger partial charge in [0.25, 0.3) is 5.91 Å². The summed E-state index contributed by atoms with van der Waals surface area (Å²) in [7, 11) is 1.45. The monoisotopic (exact) mass is 348 g/mol. The molecular weight excluding hydrogens is 328 g/mol. The zero-order valence-electron chi connectivity index (χ0n) is 13.8. The van der Waals surface area contributed by atoms with Crippen LogP contribution < -0.4 is 10.6 Å². The van der Waals surface area contributed by atoms with E-state index in [1.165, 1.54) is 7.11 Å². The molecule has 3 fully saturated rings. The minimum absolute atomic E-state index is 0.0998. The third kappa shape index (κ3) is 2.14. The molecule has 1 aromatic carbocycles. The van der Waals surface area contributed by atoms with Crippen molar-refractivity contribution in [1.82, 2.24) is 5.32 Å². The van der Waals surface area contributed by atoms with E-state index in [2.05, 4.69) is 17.6 Å². The molecule has 24 heavy (non-hydrogen) atoms. The van der Waals surface area contributed by atoms with Gasteiger partial charge < -0.3 is 15.4 Å². The number of methoxy groups -OCH3 is 1. The highest BCUT2D eigenvalue weighted by molar-refractivity contribution is 6.31. The van der Waals surface area contributed by atoms with E-state index in [0.717, 1.165) is 31.4 Å². The molecule has 4 aliphatic rings. The van der Waals surface area contributed by atoms with E-state index in [1.54, 1.807) is 12.1 Å². The van der Waals surface area contributed by atoms with Crippen molar-refractivity contribution in [2.75, 3.05) is 12.4 Å². The summed E-state index contributed by atoms with van der Waals surface area (Å²) >= 11 is 6.02. The van der Waals surface area contributed by atoms with Gasteiger partial charge in [-0.2, -0.15) is 0 Å². The first-order valence-electron chi connectivity index (χ1n) is 8.35. The molecule has 0 saturated heterocycles. The quantitative estimate of drug-likeness (QED) is 0.765. The van der Waals surface area contributed by atoms with Gasteiger partial charge in [0.05, 0.1) is 18.6 Å². The summed E-state index contributed by atoms with van der Waals surface area (Å²) in [5, 5.41) is 7.30. The Balaban J connectivity index is 1.70. The molecule has 4 atom stereocenters. The lowest BCUT2D eigenvalue weighted by atomic mass is 9.51. The van der Waals surface area contributed by atoms with Crippen molar-refractivity contribution in [1.29, 1.82) is 0 Å². The van der Waals surface area contributed by atoms with Gasteiger partial charge in [-0.3, -0.25) is 9.59 Å². The first-order chi connectivity index (χ1) is 11.4. The number of amides is 1. The van der Waals surface area contributed by atoms with Crippen molar-refractivity contribution in [2.24, 2.45) is 17.3 Å². The number of benzene rings is 1. The van der Waals surface area contributed by atoms with Gasteiger partial charge in [-0.25, -0.2) is 0 Å². The number of esters is 1. The van der Waals surface area contributed by atoms with E-state index in [0.29, 0.717) is 10.6 Å². The van der Waals surface area contributed by atoms with Crippen LogP contribution in [-0.4, -0.2) is 24.6 Å². The summed E-state index contributed by atoms with van der Waals surface area (Å²) in [5.74, 6) is -0.128. The largest absolute Gasteiger partial charge is 0.469 e. The van der Waals surface area contributed by atoms with Gasteiger partial charge in [0.2, 0.25) is 0 Å². The zero-order chi connectivity index (χ0) is 17.1. The molecule has 3 saturated carbocycles. The van der Waals surface area contributed by atoms with Crippen LogP contribution in [-0.2, 0) is 9.53 Å². The average Bonchev–Trinajstić information content (AvgIpc) is 2.54. The van der Waals surface area contributed by atoms with E-state index in [-0.39, 0.29) is 29.1 Å². The molecule has 0 unspecified atom stereocenters. The molecule has 5 nitrogen and oxygen atoms in total. The minimum Gasteiger partial charge on any atom is -0.469 e. The molecule has 0 aromatic heterocycles. The fraction of sp³-hybridized carbons (Fsp3) is 0.556. The number of halogens is 1. The van der Waals surface area contributed by atoms with Crippen LogP contribution in [0.15, 0.2) is 18.2 Å². The van der Waals surface area contributed by atoms with E-state index in [4.69, 9.17) is 16.3 Å². The van der Waals surface area contributed by atoms with Crippen LogP contribution in [0.2, 0.25) is 5.02 Å². The maximum absolute atomic E-state index is 12.7. The van der Waals surface area contributed by atoms with Crippen LogP contribution in [0, 0.1) is 17.3 Å². The molecule has 1 heterocycles. The summed E-state index contributed by atoms with van der Waals surface area (Å²) in [6.45, 7) is 2.14. The van der Waals surface area contributed by atoms with Crippen LogP contribution in [0.3, 0.4) is 0 Å². The zero-order valence-corrected chi connectivity index (χ0v) is 14.6. The fourth-order valence-electron chi connectivity index (χ4n) is 4.98. The molecule has 128 valence electrons. The Morgan fingerprint density at radius 2 is 2.17 bits per heavy atom. The van der Waals surface area contributed by atoms with Gasteiger partial charge in [-0.15, -0.1) is 0 Å². The molecule has 1 spiro atoms. The maximum Gasteiger partial charge on any atom is 0.309 e. The highest BCUT2D eigenvalue weighted by Gasteiger charge is 2.60. The number of anilines is 1. The predicted molar refractivity (Wildman–Crippen MR) is 90.8 cm³/mol. The van der Waals surface area contributed by atoms with Crippen LogP contribution in [0.1, 0.15) is 43.0 Å². The third-order valence-corrected chi connectivity index (χ3v) is 6.45. The molecule has 1 amide bonds. The molecule has 1 aromatic rings. The Bertz CT molecular complexity index is 737. The molecule has 2 N–H and O–H groups in total. The Morgan fingerprint density at radius 1 is 1.38 bits per heavy atom. The number of hydrogen-bond donors (Lipinski definition) is 2. The van der Waals surface area contributed by atoms with E-state index in [1.807, 2.05) is 6.07 Å². The second kappa shape index (κ2) is 5.12. The Kier molecular flexibility index (Phi) is 3.36. The molecule has 0 radical (unpaired) electrons. The standard InChI is InChI=1S/C18H21ClN2O3/c1-17-6-5-10(7-13(17)16(23)24-2)18(9-17)20-14-4-3-11(19)8-12(14)15(22)21-18/h3-4,8,10,13,20H,5-7,9H2,1-2H3,(H,21,22)/t10-,13+,17+,18-/m1/s1. The van der Waals surface area contributed by atoms with E-state index < -0.39 is 5.66 Å². The molecule has 6 heteroatoms. The highest BCUT2D eigenvalue weighted by atomic mass is 35.5. The van der Waals surface area contributed by atoms with Gasteiger partial charge in [-0.1, -0.05) is 18.5 Å². The van der Waals surface area contributed by atoms with Crippen molar-refractivity contribution in [3.63, 3.8) is 0 Å². The Labute approximate surface area is 146 Å². The summed E-state index contributed by atoms with van der Waals surface area (Å²) in [4.78, 5) is 24.9. The van der Waals surface area contributed by atoms with Crippen LogP contribution in [0.4, 0.5) is 5.69 Å². The van der Waals surface area contributed by atoms with Crippen LogP contribution in [0.5, 0.6) is 0 Å². The van der Waals surface area contributed by atoms with Crippen molar-refractivity contribution in [3.05, 3.63) is 28.8 Å². The highest BCUT2D eigenvalue weighted by Crippen LogP contribution is 2.58. The van der Waals surface area contributed by atoms with Crippen LogP contribution in [0.25, 0.3) is 0 Å². The lowest BCUT2D eigenvalue weighted by Gasteiger charge is -2.60. The summed E-state index contributed by atoms with van der Waals surface area (Å²) in [6.07, 6.45) is 3.42. The van der Waals surface area contributed by atoms with Crippen LogP contribution >= 0.6 is 11.6 Å². The Morgan fingerprint density at radius 3 is 2.88 bits per heavy atom. The van der Waals surface area contributed by atoms with E-state index in [9.17, 15) is 9.59 Å².